The van der Waals surface area contributed by atoms with Crippen molar-refractivity contribution in [3.63, 3.8) is 0 Å². The predicted molar refractivity (Wildman–Crippen MR) is 83.3 cm³/mol. The quantitative estimate of drug-likeness (QED) is 0.861. The Morgan fingerprint density at radius 3 is 2.57 bits per heavy atom. The van der Waals surface area contributed by atoms with E-state index in [1.807, 2.05) is 0 Å². The van der Waals surface area contributed by atoms with Gasteiger partial charge >= 0.3 is 5.97 Å². The number of anilines is 1. The molecule has 0 saturated carbocycles. The number of benzene rings is 1. The Morgan fingerprint density at radius 1 is 1.33 bits per heavy atom. The molecule has 0 aliphatic carbocycles. The van der Waals surface area contributed by atoms with E-state index in [2.05, 4.69) is 4.72 Å². The smallest absolute Gasteiger partial charge is 0.346 e. The molecule has 0 bridgehead atoms. The molecule has 1 heterocycles. The van der Waals surface area contributed by atoms with Crippen molar-refractivity contribution in [3.8, 4) is 0 Å². The van der Waals surface area contributed by atoms with Gasteiger partial charge in [0, 0.05) is 0 Å². The van der Waals surface area contributed by atoms with Gasteiger partial charge < -0.3 is 5.11 Å². The van der Waals surface area contributed by atoms with Gasteiger partial charge in [0.2, 0.25) is 0 Å². The van der Waals surface area contributed by atoms with Crippen LogP contribution in [0.1, 0.15) is 15.2 Å². The standard InChI is InChI=1S/C12H9Cl2NO4S2/c1-6-5-9(20-11(6)12(16)17)15-21(18,19)8-4-2-3-7(13)10(8)14/h2-5,15H,1H3,(H,16,17). The van der Waals surface area contributed by atoms with E-state index in [0.717, 1.165) is 11.3 Å². The Hall–Kier alpha value is -1.28. The van der Waals surface area contributed by atoms with Crippen LogP contribution in [0.3, 0.4) is 0 Å². The Morgan fingerprint density at radius 2 is 2.00 bits per heavy atom. The van der Waals surface area contributed by atoms with Gasteiger partial charge in [0.15, 0.2) is 0 Å². The number of rotatable bonds is 4. The van der Waals surface area contributed by atoms with Crippen LogP contribution in [0.4, 0.5) is 5.00 Å². The van der Waals surface area contributed by atoms with E-state index in [-0.39, 0.29) is 24.8 Å². The molecule has 0 amide bonds. The third-order valence-corrected chi connectivity index (χ3v) is 6.16. The lowest BCUT2D eigenvalue weighted by Gasteiger charge is -2.08. The number of thiophene rings is 1. The number of carbonyl (C=O) groups is 1. The largest absolute Gasteiger partial charge is 0.477 e. The Bertz CT molecular complexity index is 815. The van der Waals surface area contributed by atoms with Gasteiger partial charge in [0.05, 0.1) is 10.0 Å². The molecule has 2 rings (SSSR count). The van der Waals surface area contributed by atoms with Crippen molar-refractivity contribution in [1.82, 2.24) is 0 Å². The van der Waals surface area contributed by atoms with Crippen LogP contribution in [-0.4, -0.2) is 19.5 Å². The molecule has 21 heavy (non-hydrogen) atoms. The second kappa shape index (κ2) is 5.84. The number of aromatic carboxylic acids is 1. The highest BCUT2D eigenvalue weighted by Crippen LogP contribution is 2.32. The van der Waals surface area contributed by atoms with Crippen LogP contribution < -0.4 is 4.72 Å². The molecule has 1 aromatic heterocycles. The Labute approximate surface area is 135 Å². The molecule has 0 fully saturated rings. The van der Waals surface area contributed by atoms with Crippen molar-refractivity contribution in [2.45, 2.75) is 11.8 Å². The summed E-state index contributed by atoms with van der Waals surface area (Å²) in [7, 11) is -3.94. The number of halogens is 2. The van der Waals surface area contributed by atoms with Gasteiger partial charge in [-0.1, -0.05) is 29.3 Å². The van der Waals surface area contributed by atoms with E-state index in [1.165, 1.54) is 24.3 Å². The highest BCUT2D eigenvalue weighted by atomic mass is 35.5. The van der Waals surface area contributed by atoms with Crippen LogP contribution >= 0.6 is 34.5 Å². The minimum atomic E-state index is -3.94. The fourth-order valence-electron chi connectivity index (χ4n) is 1.62. The van der Waals surface area contributed by atoms with Crippen molar-refractivity contribution >= 4 is 55.5 Å². The van der Waals surface area contributed by atoms with Crippen LogP contribution in [0.25, 0.3) is 0 Å². The van der Waals surface area contributed by atoms with Crippen LogP contribution in [0.5, 0.6) is 0 Å². The van der Waals surface area contributed by atoms with Gasteiger partial charge in [-0.15, -0.1) is 11.3 Å². The fourth-order valence-corrected chi connectivity index (χ4v) is 4.58. The van der Waals surface area contributed by atoms with E-state index in [9.17, 15) is 13.2 Å². The summed E-state index contributed by atoms with van der Waals surface area (Å²) in [4.78, 5) is 10.9. The minimum absolute atomic E-state index is 0.0740. The second-order valence-corrected chi connectivity index (χ2v) is 7.57. The molecule has 0 atom stereocenters. The lowest BCUT2D eigenvalue weighted by atomic mass is 10.3. The zero-order valence-electron chi connectivity index (χ0n) is 10.6. The predicted octanol–water partition coefficient (Wildman–Crippen LogP) is 3.86. The van der Waals surface area contributed by atoms with E-state index >= 15 is 0 Å². The molecule has 5 nitrogen and oxygen atoms in total. The summed E-state index contributed by atoms with van der Waals surface area (Å²) >= 11 is 12.5. The summed E-state index contributed by atoms with van der Waals surface area (Å²) in [6, 6.07) is 5.70. The number of aryl methyl sites for hydroxylation is 1. The summed E-state index contributed by atoms with van der Waals surface area (Å²) in [5, 5.41) is 9.20. The Balaban J connectivity index is 2.40. The maximum Gasteiger partial charge on any atom is 0.346 e. The number of carboxylic acid groups (broad SMARTS) is 1. The molecule has 2 aromatic rings. The van der Waals surface area contributed by atoms with Crippen molar-refractivity contribution in [2.24, 2.45) is 0 Å². The Kier molecular flexibility index (Phi) is 4.48. The zero-order chi connectivity index (χ0) is 15.8. The summed E-state index contributed by atoms with van der Waals surface area (Å²) in [5.41, 5.74) is 0.474. The van der Waals surface area contributed by atoms with Gasteiger partial charge in [-0.2, -0.15) is 0 Å². The molecular weight excluding hydrogens is 357 g/mol. The number of hydrogen-bond donors (Lipinski definition) is 2. The van der Waals surface area contributed by atoms with Gasteiger partial charge in [0.1, 0.15) is 14.8 Å². The van der Waals surface area contributed by atoms with Gasteiger partial charge in [-0.05, 0) is 30.7 Å². The monoisotopic (exact) mass is 365 g/mol. The van der Waals surface area contributed by atoms with Crippen molar-refractivity contribution in [1.29, 1.82) is 0 Å². The molecule has 0 aliphatic rings. The molecular formula is C12H9Cl2NO4S2. The van der Waals surface area contributed by atoms with Crippen molar-refractivity contribution in [2.75, 3.05) is 4.72 Å². The molecule has 2 N–H and O–H groups in total. The molecule has 0 spiro atoms. The van der Waals surface area contributed by atoms with E-state index in [4.69, 9.17) is 28.3 Å². The van der Waals surface area contributed by atoms with Gasteiger partial charge in [-0.25, -0.2) is 13.2 Å². The van der Waals surface area contributed by atoms with Crippen LogP contribution in [0, 0.1) is 6.92 Å². The van der Waals surface area contributed by atoms with Crippen molar-refractivity contribution in [3.05, 3.63) is 44.8 Å². The second-order valence-electron chi connectivity index (χ2n) is 4.09. The van der Waals surface area contributed by atoms with Crippen molar-refractivity contribution < 1.29 is 18.3 Å². The fraction of sp³-hybridized carbons (Fsp3) is 0.0833. The van der Waals surface area contributed by atoms with E-state index < -0.39 is 16.0 Å². The first-order chi connectivity index (χ1) is 9.72. The number of carboxylic acids is 1. The van der Waals surface area contributed by atoms with Gasteiger partial charge in [-0.3, -0.25) is 4.72 Å². The molecule has 1 aromatic carbocycles. The highest BCUT2D eigenvalue weighted by Gasteiger charge is 2.21. The molecule has 0 unspecified atom stereocenters. The van der Waals surface area contributed by atoms with Gasteiger partial charge in [0.25, 0.3) is 10.0 Å². The molecule has 9 heteroatoms. The average Bonchev–Trinajstić information content (AvgIpc) is 2.72. The normalized spacial score (nSPS) is 11.4. The summed E-state index contributed by atoms with van der Waals surface area (Å²) < 4.78 is 26.8. The SMILES string of the molecule is Cc1cc(NS(=O)(=O)c2cccc(Cl)c2Cl)sc1C(=O)O. The first kappa shape index (κ1) is 16.1. The molecule has 112 valence electrons. The summed E-state index contributed by atoms with van der Waals surface area (Å²) in [6.45, 7) is 1.59. The third-order valence-electron chi connectivity index (χ3n) is 2.55. The highest BCUT2D eigenvalue weighted by molar-refractivity contribution is 7.93. The first-order valence-electron chi connectivity index (χ1n) is 5.53. The summed E-state index contributed by atoms with van der Waals surface area (Å²) in [6.07, 6.45) is 0. The van der Waals surface area contributed by atoms with Crippen LogP contribution in [0.15, 0.2) is 29.2 Å². The zero-order valence-corrected chi connectivity index (χ0v) is 13.7. The third kappa shape index (κ3) is 3.32. The molecule has 0 radical (unpaired) electrons. The van der Waals surface area contributed by atoms with E-state index in [0.29, 0.717) is 5.56 Å². The number of sulfonamides is 1. The van der Waals surface area contributed by atoms with Crippen LogP contribution in [0.2, 0.25) is 10.0 Å². The van der Waals surface area contributed by atoms with Crippen LogP contribution in [-0.2, 0) is 10.0 Å². The lowest BCUT2D eigenvalue weighted by Crippen LogP contribution is -2.12. The average molecular weight is 366 g/mol. The maximum absolute atomic E-state index is 12.3. The topological polar surface area (TPSA) is 83.5 Å². The number of hydrogen-bond acceptors (Lipinski definition) is 4. The molecule has 0 aliphatic heterocycles. The lowest BCUT2D eigenvalue weighted by molar-refractivity contribution is 0.0701. The number of nitrogens with one attached hydrogen (secondary N) is 1. The maximum atomic E-state index is 12.3. The van der Waals surface area contributed by atoms with E-state index in [1.54, 1.807) is 6.92 Å². The molecule has 0 saturated heterocycles. The summed E-state index contributed by atoms with van der Waals surface area (Å²) in [5.74, 6) is -1.11. The first-order valence-corrected chi connectivity index (χ1v) is 8.58. The minimum Gasteiger partial charge on any atom is -0.477 e.